The van der Waals surface area contributed by atoms with Crippen molar-refractivity contribution in [1.82, 2.24) is 9.80 Å². The summed E-state index contributed by atoms with van der Waals surface area (Å²) in [6, 6.07) is 7.26. The van der Waals surface area contributed by atoms with Crippen LogP contribution in [0.4, 0.5) is 21.0 Å². The predicted octanol–water partition coefficient (Wildman–Crippen LogP) is 3.74. The quantitative estimate of drug-likeness (QED) is 0.828. The fourth-order valence-corrected chi connectivity index (χ4v) is 3.51. The number of likely N-dealkylation sites (tertiary alicyclic amines) is 1. The molecule has 0 unspecified atom stereocenters. The van der Waals surface area contributed by atoms with Gasteiger partial charge in [0.25, 0.3) is 0 Å². The summed E-state index contributed by atoms with van der Waals surface area (Å²) in [6.45, 7) is 5.53. The van der Waals surface area contributed by atoms with Gasteiger partial charge in [-0.25, -0.2) is 9.59 Å². The number of hydrogen-bond acceptors (Lipinski definition) is 3. The number of nitrogens with one attached hydrogen (secondary N) is 2. The lowest BCUT2D eigenvalue weighted by molar-refractivity contribution is 0.143. The van der Waals surface area contributed by atoms with Crippen molar-refractivity contribution < 1.29 is 14.3 Å². The van der Waals surface area contributed by atoms with Gasteiger partial charge >= 0.3 is 12.1 Å². The highest BCUT2D eigenvalue weighted by Crippen LogP contribution is 2.17. The second-order valence-corrected chi connectivity index (χ2v) is 7.28. The lowest BCUT2D eigenvalue weighted by atomic mass is 10.2. The second-order valence-electron chi connectivity index (χ2n) is 7.28. The third-order valence-corrected chi connectivity index (χ3v) is 5.23. The molecule has 0 saturated carbocycles. The highest BCUT2D eigenvalue weighted by molar-refractivity contribution is 5.91. The molecule has 4 amide bonds. The molecule has 2 N–H and O–H groups in total. The first-order valence-electron chi connectivity index (χ1n) is 9.95. The Morgan fingerprint density at radius 3 is 2.11 bits per heavy atom. The maximum absolute atomic E-state index is 12.5. The topological polar surface area (TPSA) is 73.9 Å². The van der Waals surface area contributed by atoms with Crippen molar-refractivity contribution >= 4 is 23.4 Å². The summed E-state index contributed by atoms with van der Waals surface area (Å²) in [5.74, 6) is 0. The van der Waals surface area contributed by atoms with Crippen molar-refractivity contribution in [3.8, 4) is 0 Å². The number of hydrogen-bond donors (Lipinski definition) is 2. The van der Waals surface area contributed by atoms with Gasteiger partial charge in [0, 0.05) is 43.7 Å². The number of urea groups is 2. The van der Waals surface area contributed by atoms with E-state index in [2.05, 4.69) is 10.6 Å². The van der Waals surface area contributed by atoms with Crippen LogP contribution in [0.3, 0.4) is 0 Å². The Labute approximate surface area is 161 Å². The van der Waals surface area contributed by atoms with Gasteiger partial charge in [-0.15, -0.1) is 0 Å². The Balaban J connectivity index is 1.53. The molecular formula is C20H30N4O3. The number of rotatable bonds is 2. The zero-order valence-electron chi connectivity index (χ0n) is 16.1. The van der Waals surface area contributed by atoms with Crippen molar-refractivity contribution in [2.45, 2.75) is 45.1 Å². The van der Waals surface area contributed by atoms with E-state index in [1.165, 1.54) is 12.8 Å². The Morgan fingerprint density at radius 1 is 0.889 bits per heavy atom. The van der Waals surface area contributed by atoms with Crippen molar-refractivity contribution in [1.29, 1.82) is 0 Å². The third kappa shape index (κ3) is 5.60. The molecule has 7 heteroatoms. The van der Waals surface area contributed by atoms with Gasteiger partial charge in [-0.05, 0) is 50.5 Å². The molecule has 7 nitrogen and oxygen atoms in total. The average molecular weight is 374 g/mol. The van der Waals surface area contributed by atoms with Crippen molar-refractivity contribution in [3.63, 3.8) is 0 Å². The molecule has 2 aliphatic rings. The molecule has 0 bridgehead atoms. The first-order chi connectivity index (χ1) is 13.1. The van der Waals surface area contributed by atoms with E-state index in [-0.39, 0.29) is 18.1 Å². The molecular weight excluding hydrogens is 344 g/mol. The van der Waals surface area contributed by atoms with Crippen LogP contribution in [0.15, 0.2) is 24.3 Å². The molecule has 27 heavy (non-hydrogen) atoms. The molecule has 0 spiro atoms. The summed E-state index contributed by atoms with van der Waals surface area (Å²) in [7, 11) is 0. The minimum Gasteiger partial charge on any atom is -0.380 e. The number of benzene rings is 1. The Hall–Kier alpha value is -2.28. The number of nitrogens with zero attached hydrogens (tertiary/aromatic N) is 2. The van der Waals surface area contributed by atoms with Crippen LogP contribution in [0, 0.1) is 0 Å². The van der Waals surface area contributed by atoms with Crippen LogP contribution >= 0.6 is 0 Å². The zero-order valence-corrected chi connectivity index (χ0v) is 16.1. The van der Waals surface area contributed by atoms with Crippen LogP contribution in [0.1, 0.15) is 39.0 Å². The molecule has 1 atom stereocenters. The lowest BCUT2D eigenvalue weighted by Crippen LogP contribution is -2.42. The van der Waals surface area contributed by atoms with E-state index in [0.29, 0.717) is 25.4 Å². The van der Waals surface area contributed by atoms with Crippen LogP contribution in [-0.4, -0.2) is 60.8 Å². The van der Waals surface area contributed by atoms with Gasteiger partial charge in [-0.1, -0.05) is 12.8 Å². The van der Waals surface area contributed by atoms with E-state index in [9.17, 15) is 9.59 Å². The molecule has 0 radical (unpaired) electrons. The Morgan fingerprint density at radius 2 is 1.48 bits per heavy atom. The summed E-state index contributed by atoms with van der Waals surface area (Å²) in [5.41, 5.74) is 1.45. The number of anilines is 2. The van der Waals surface area contributed by atoms with Gasteiger partial charge in [0.1, 0.15) is 0 Å². The molecule has 2 fully saturated rings. The number of amides is 4. The van der Waals surface area contributed by atoms with Gasteiger partial charge in [0.05, 0.1) is 6.61 Å². The van der Waals surface area contributed by atoms with Crippen LogP contribution < -0.4 is 10.6 Å². The Bertz CT molecular complexity index is 627. The predicted molar refractivity (Wildman–Crippen MR) is 106 cm³/mol. The van der Waals surface area contributed by atoms with E-state index in [4.69, 9.17) is 4.74 Å². The highest BCUT2D eigenvalue weighted by atomic mass is 16.5. The van der Waals surface area contributed by atoms with E-state index < -0.39 is 0 Å². The maximum atomic E-state index is 12.5. The first kappa shape index (κ1) is 19.5. The highest BCUT2D eigenvalue weighted by Gasteiger charge is 2.22. The van der Waals surface area contributed by atoms with E-state index in [0.717, 1.165) is 38.0 Å². The third-order valence-electron chi connectivity index (χ3n) is 5.23. The number of ether oxygens (including phenoxy) is 1. The van der Waals surface area contributed by atoms with Gasteiger partial charge < -0.3 is 25.2 Å². The summed E-state index contributed by atoms with van der Waals surface area (Å²) >= 11 is 0. The van der Waals surface area contributed by atoms with Crippen molar-refractivity contribution in [2.24, 2.45) is 0 Å². The molecule has 3 rings (SSSR count). The fourth-order valence-electron chi connectivity index (χ4n) is 3.51. The molecule has 2 aliphatic heterocycles. The van der Waals surface area contributed by atoms with Crippen LogP contribution in [0.2, 0.25) is 0 Å². The standard InChI is InChI=1S/C20H30N4O3/c1-16-10-14-27-15-13-24(16)20(26)22-18-8-6-17(7-9-18)21-19(25)23-11-4-2-3-5-12-23/h6-9,16H,2-5,10-15H2,1H3,(H,21,25)(H,22,26)/t16-/m1/s1. The van der Waals surface area contributed by atoms with Gasteiger partial charge in [-0.2, -0.15) is 0 Å². The van der Waals surface area contributed by atoms with Crippen LogP contribution in [-0.2, 0) is 4.74 Å². The molecule has 0 aliphatic carbocycles. The van der Waals surface area contributed by atoms with E-state index in [1.807, 2.05) is 41.0 Å². The lowest BCUT2D eigenvalue weighted by Gasteiger charge is -2.26. The minimum absolute atomic E-state index is 0.0490. The zero-order chi connectivity index (χ0) is 19.1. The van der Waals surface area contributed by atoms with Crippen LogP contribution in [0.25, 0.3) is 0 Å². The maximum Gasteiger partial charge on any atom is 0.322 e. The van der Waals surface area contributed by atoms with Gasteiger partial charge in [0.2, 0.25) is 0 Å². The Kier molecular flexibility index (Phi) is 6.92. The smallest absolute Gasteiger partial charge is 0.322 e. The van der Waals surface area contributed by atoms with E-state index in [1.54, 1.807) is 0 Å². The molecule has 1 aromatic carbocycles. The summed E-state index contributed by atoms with van der Waals surface area (Å²) < 4.78 is 5.44. The summed E-state index contributed by atoms with van der Waals surface area (Å²) in [4.78, 5) is 28.6. The molecule has 148 valence electrons. The summed E-state index contributed by atoms with van der Waals surface area (Å²) in [5, 5.41) is 5.88. The largest absolute Gasteiger partial charge is 0.380 e. The SMILES string of the molecule is C[C@@H]1CCOCCN1C(=O)Nc1ccc(NC(=O)N2CCCCCC2)cc1. The number of carbonyl (C=O) groups excluding carboxylic acids is 2. The number of carbonyl (C=O) groups is 2. The monoisotopic (exact) mass is 374 g/mol. The van der Waals surface area contributed by atoms with Crippen LogP contribution in [0.5, 0.6) is 0 Å². The molecule has 2 heterocycles. The molecule has 0 aromatic heterocycles. The van der Waals surface area contributed by atoms with Crippen molar-refractivity contribution in [2.75, 3.05) is 43.5 Å². The fraction of sp³-hybridized carbons (Fsp3) is 0.600. The average Bonchev–Trinajstić information content (AvgIpc) is 3.06. The van der Waals surface area contributed by atoms with Gasteiger partial charge in [-0.3, -0.25) is 0 Å². The van der Waals surface area contributed by atoms with Gasteiger partial charge in [0.15, 0.2) is 0 Å². The minimum atomic E-state index is -0.116. The summed E-state index contributed by atoms with van der Waals surface area (Å²) in [6.07, 6.45) is 5.37. The second kappa shape index (κ2) is 9.60. The normalized spacial score (nSPS) is 21.1. The first-order valence-corrected chi connectivity index (χ1v) is 9.95. The van der Waals surface area contributed by atoms with E-state index >= 15 is 0 Å². The van der Waals surface area contributed by atoms with Crippen molar-refractivity contribution in [3.05, 3.63) is 24.3 Å². The molecule has 2 saturated heterocycles. The molecule has 1 aromatic rings.